The van der Waals surface area contributed by atoms with E-state index in [0.717, 1.165) is 5.56 Å². The van der Waals surface area contributed by atoms with E-state index < -0.39 is 24.5 Å². The molecule has 0 unspecified atom stereocenters. The van der Waals surface area contributed by atoms with Crippen LogP contribution in [0, 0.1) is 6.92 Å². The quantitative estimate of drug-likeness (QED) is 0.533. The van der Waals surface area contributed by atoms with E-state index in [0.29, 0.717) is 5.69 Å². The lowest BCUT2D eigenvalue weighted by molar-refractivity contribution is -0.123. The maximum atomic E-state index is 11.7. The van der Waals surface area contributed by atoms with Gasteiger partial charge in [-0.1, -0.05) is 12.1 Å². The highest BCUT2D eigenvalue weighted by molar-refractivity contribution is 5.99. The van der Waals surface area contributed by atoms with Gasteiger partial charge in [0, 0.05) is 12.7 Å². The fourth-order valence-corrected chi connectivity index (χ4v) is 1.29. The molecule has 0 aliphatic carbocycles. The summed E-state index contributed by atoms with van der Waals surface area (Å²) in [5.41, 5.74) is 6.96. The van der Waals surface area contributed by atoms with Crippen LogP contribution in [0.1, 0.15) is 15.9 Å². The Bertz CT molecular complexity index is 514. The van der Waals surface area contributed by atoms with Crippen molar-refractivity contribution in [3.63, 3.8) is 0 Å². The van der Waals surface area contributed by atoms with E-state index in [1.54, 1.807) is 19.1 Å². The number of ether oxygens (including phenoxy) is 1. The third kappa shape index (κ3) is 3.98. The second-order valence-electron chi connectivity index (χ2n) is 3.74. The molecule has 7 nitrogen and oxygen atoms in total. The van der Waals surface area contributed by atoms with Crippen molar-refractivity contribution >= 4 is 23.6 Å². The number of hydrogen-bond acceptors (Lipinski definition) is 5. The third-order valence-electron chi connectivity index (χ3n) is 2.36. The summed E-state index contributed by atoms with van der Waals surface area (Å²) in [4.78, 5) is 33.7. The Kier molecular flexibility index (Phi) is 4.87. The summed E-state index contributed by atoms with van der Waals surface area (Å²) < 4.78 is 4.76. The molecule has 0 saturated heterocycles. The number of anilines is 1. The van der Waals surface area contributed by atoms with Crippen LogP contribution in [0.15, 0.2) is 18.2 Å². The Morgan fingerprint density at radius 3 is 2.63 bits per heavy atom. The van der Waals surface area contributed by atoms with E-state index in [-0.39, 0.29) is 5.56 Å². The smallest absolute Gasteiger partial charge is 0.340 e. The number of aryl methyl sites for hydroxylation is 1. The van der Waals surface area contributed by atoms with Crippen molar-refractivity contribution in [3.05, 3.63) is 29.3 Å². The van der Waals surface area contributed by atoms with Crippen molar-refractivity contribution in [2.75, 3.05) is 19.4 Å². The van der Waals surface area contributed by atoms with Gasteiger partial charge in [0.05, 0.1) is 5.56 Å². The first kappa shape index (κ1) is 14.5. The standard InChI is InChI=1S/C12H15N3O4/c1-7-4-3-5-8(10(7)13)11(17)19-6-9(16)15-12(18)14-2/h3-5H,6,13H2,1-2H3,(H2,14,15,16,18). The third-order valence-corrected chi connectivity index (χ3v) is 2.36. The number of carbonyl (C=O) groups excluding carboxylic acids is 3. The van der Waals surface area contributed by atoms with Crippen LogP contribution >= 0.6 is 0 Å². The number of imide groups is 1. The molecule has 1 aromatic rings. The Morgan fingerprint density at radius 2 is 2.00 bits per heavy atom. The lowest BCUT2D eigenvalue weighted by Crippen LogP contribution is -2.39. The van der Waals surface area contributed by atoms with Crippen molar-refractivity contribution in [2.24, 2.45) is 0 Å². The maximum Gasteiger partial charge on any atom is 0.340 e. The number of para-hydroxylation sites is 1. The Balaban J connectivity index is 2.59. The largest absolute Gasteiger partial charge is 0.452 e. The lowest BCUT2D eigenvalue weighted by atomic mass is 10.1. The molecule has 1 rings (SSSR count). The number of urea groups is 1. The number of carbonyl (C=O) groups is 3. The number of nitrogens with two attached hydrogens (primary N) is 1. The van der Waals surface area contributed by atoms with Crippen molar-refractivity contribution < 1.29 is 19.1 Å². The van der Waals surface area contributed by atoms with Crippen LogP contribution in [-0.2, 0) is 9.53 Å². The predicted octanol–water partition coefficient (Wildman–Crippen LogP) is 0.190. The molecule has 0 fully saturated rings. The van der Waals surface area contributed by atoms with Crippen LogP contribution in [-0.4, -0.2) is 31.6 Å². The Hall–Kier alpha value is -2.57. The number of rotatable bonds is 3. The summed E-state index contributed by atoms with van der Waals surface area (Å²) in [6.45, 7) is 1.20. The van der Waals surface area contributed by atoms with Crippen LogP contribution in [0.25, 0.3) is 0 Å². The van der Waals surface area contributed by atoms with E-state index in [1.165, 1.54) is 13.1 Å². The molecule has 0 aliphatic rings. The molecule has 0 aromatic heterocycles. The summed E-state index contributed by atoms with van der Waals surface area (Å²) in [5.74, 6) is -1.44. The van der Waals surface area contributed by atoms with Gasteiger partial charge in [-0.3, -0.25) is 10.1 Å². The fourth-order valence-electron chi connectivity index (χ4n) is 1.29. The Morgan fingerprint density at radius 1 is 1.32 bits per heavy atom. The lowest BCUT2D eigenvalue weighted by Gasteiger charge is -2.08. The molecule has 0 spiro atoms. The molecule has 102 valence electrons. The van der Waals surface area contributed by atoms with Gasteiger partial charge in [0.2, 0.25) is 0 Å². The normalized spacial score (nSPS) is 9.58. The first-order valence-electron chi connectivity index (χ1n) is 5.49. The van der Waals surface area contributed by atoms with Crippen LogP contribution in [0.3, 0.4) is 0 Å². The fraction of sp³-hybridized carbons (Fsp3) is 0.250. The molecule has 0 atom stereocenters. The molecule has 1 aromatic carbocycles. The zero-order valence-corrected chi connectivity index (χ0v) is 10.6. The molecule has 3 amide bonds. The van der Waals surface area contributed by atoms with Gasteiger partial charge in [-0.05, 0) is 18.6 Å². The summed E-state index contributed by atoms with van der Waals surface area (Å²) in [6, 6.07) is 4.25. The van der Waals surface area contributed by atoms with Gasteiger partial charge in [0.25, 0.3) is 5.91 Å². The van der Waals surface area contributed by atoms with E-state index >= 15 is 0 Å². The minimum Gasteiger partial charge on any atom is -0.452 e. The first-order valence-corrected chi connectivity index (χ1v) is 5.49. The number of esters is 1. The number of amides is 3. The minimum atomic E-state index is -0.723. The van der Waals surface area contributed by atoms with Crippen molar-refractivity contribution in [1.29, 1.82) is 0 Å². The van der Waals surface area contributed by atoms with Crippen LogP contribution in [0.2, 0.25) is 0 Å². The summed E-state index contributed by atoms with van der Waals surface area (Å²) in [7, 11) is 1.36. The van der Waals surface area contributed by atoms with E-state index in [1.807, 2.05) is 5.32 Å². The summed E-state index contributed by atoms with van der Waals surface area (Å²) in [5, 5.41) is 4.17. The highest BCUT2D eigenvalue weighted by atomic mass is 16.5. The monoisotopic (exact) mass is 265 g/mol. The molecule has 19 heavy (non-hydrogen) atoms. The minimum absolute atomic E-state index is 0.188. The highest BCUT2D eigenvalue weighted by Gasteiger charge is 2.14. The molecule has 7 heteroatoms. The zero-order chi connectivity index (χ0) is 14.4. The Labute approximate surface area is 110 Å². The van der Waals surface area contributed by atoms with Crippen molar-refractivity contribution in [2.45, 2.75) is 6.92 Å². The number of nitrogen functional groups attached to an aromatic ring is 1. The highest BCUT2D eigenvalue weighted by Crippen LogP contribution is 2.17. The number of hydrogen-bond donors (Lipinski definition) is 3. The molecule has 0 saturated carbocycles. The van der Waals surface area contributed by atoms with E-state index in [4.69, 9.17) is 10.5 Å². The van der Waals surface area contributed by atoms with Gasteiger partial charge in [0.15, 0.2) is 6.61 Å². The second-order valence-corrected chi connectivity index (χ2v) is 3.74. The second kappa shape index (κ2) is 6.39. The van der Waals surface area contributed by atoms with E-state index in [2.05, 4.69) is 5.32 Å². The summed E-state index contributed by atoms with van der Waals surface area (Å²) in [6.07, 6.45) is 0. The number of nitrogens with one attached hydrogen (secondary N) is 2. The number of benzene rings is 1. The molecular weight excluding hydrogens is 250 g/mol. The van der Waals surface area contributed by atoms with Gasteiger partial charge in [-0.2, -0.15) is 0 Å². The molecular formula is C12H15N3O4. The SMILES string of the molecule is CNC(=O)NC(=O)COC(=O)c1cccc(C)c1N. The average molecular weight is 265 g/mol. The molecule has 0 aliphatic heterocycles. The van der Waals surface area contributed by atoms with Crippen molar-refractivity contribution in [1.82, 2.24) is 10.6 Å². The molecule has 4 N–H and O–H groups in total. The topological polar surface area (TPSA) is 111 Å². The summed E-state index contributed by atoms with van der Waals surface area (Å²) >= 11 is 0. The molecule has 0 bridgehead atoms. The van der Waals surface area contributed by atoms with Gasteiger partial charge in [-0.25, -0.2) is 9.59 Å². The molecule has 0 heterocycles. The zero-order valence-electron chi connectivity index (χ0n) is 10.6. The van der Waals surface area contributed by atoms with E-state index in [9.17, 15) is 14.4 Å². The van der Waals surface area contributed by atoms with Gasteiger partial charge >= 0.3 is 12.0 Å². The maximum absolute atomic E-state index is 11.7. The first-order chi connectivity index (χ1) is 8.95. The van der Waals surface area contributed by atoms with Crippen LogP contribution < -0.4 is 16.4 Å². The van der Waals surface area contributed by atoms with Gasteiger partial charge in [0.1, 0.15) is 0 Å². The molecule has 0 radical (unpaired) electrons. The van der Waals surface area contributed by atoms with Crippen LogP contribution in [0.5, 0.6) is 0 Å². The van der Waals surface area contributed by atoms with Crippen LogP contribution in [0.4, 0.5) is 10.5 Å². The van der Waals surface area contributed by atoms with Crippen molar-refractivity contribution in [3.8, 4) is 0 Å². The average Bonchev–Trinajstić information content (AvgIpc) is 2.39. The predicted molar refractivity (Wildman–Crippen MR) is 68.5 cm³/mol. The van der Waals surface area contributed by atoms with Gasteiger partial charge in [-0.15, -0.1) is 0 Å². The van der Waals surface area contributed by atoms with Gasteiger partial charge < -0.3 is 15.8 Å².